The van der Waals surface area contributed by atoms with Gasteiger partial charge in [-0.15, -0.1) is 0 Å². The van der Waals surface area contributed by atoms with E-state index < -0.39 is 11.5 Å². The van der Waals surface area contributed by atoms with Crippen molar-refractivity contribution in [1.29, 1.82) is 0 Å². The average Bonchev–Trinajstić information content (AvgIpc) is 2.80. The minimum Gasteiger partial charge on any atom is -0.428 e. The second-order valence-corrected chi connectivity index (χ2v) is 3.88. The van der Waals surface area contributed by atoms with Crippen LogP contribution in [-0.4, -0.2) is 9.55 Å². The van der Waals surface area contributed by atoms with Gasteiger partial charge in [-0.1, -0.05) is 0 Å². The lowest BCUT2D eigenvalue weighted by Gasteiger charge is -1.97. The minimum atomic E-state index is -0.414. The maximum absolute atomic E-state index is 13.0. The maximum Gasteiger partial charge on any atom is 0.333 e. The molecule has 0 radical (unpaired) electrons. The lowest BCUT2D eigenvalue weighted by atomic mass is 10.3. The van der Waals surface area contributed by atoms with E-state index in [1.165, 1.54) is 28.8 Å². The summed E-state index contributed by atoms with van der Waals surface area (Å²) in [5.74, 6) is -0.124. The molecule has 3 rings (SSSR count). The van der Waals surface area contributed by atoms with Crippen LogP contribution in [0.4, 0.5) is 4.39 Å². The molecule has 0 saturated heterocycles. The molecule has 0 bridgehead atoms. The van der Waals surface area contributed by atoms with E-state index in [-0.39, 0.29) is 11.1 Å². The van der Waals surface area contributed by atoms with Gasteiger partial charge in [-0.05, 0) is 35.9 Å². The summed E-state index contributed by atoms with van der Waals surface area (Å²) >= 11 is 5.65. The smallest absolute Gasteiger partial charge is 0.333 e. The SMILES string of the molecule is O=c1[nH]c2cc(F)ccc2n1-c1ccc(Cl)o1. The average molecular weight is 253 g/mol. The zero-order valence-electron chi connectivity index (χ0n) is 8.41. The van der Waals surface area contributed by atoms with E-state index in [1.54, 1.807) is 6.07 Å². The second-order valence-electron chi connectivity index (χ2n) is 3.50. The van der Waals surface area contributed by atoms with Crippen LogP contribution in [0.1, 0.15) is 0 Å². The Balaban J connectivity index is 2.36. The molecule has 0 aliphatic rings. The highest BCUT2D eigenvalue weighted by atomic mass is 35.5. The van der Waals surface area contributed by atoms with Gasteiger partial charge in [0.25, 0.3) is 0 Å². The van der Waals surface area contributed by atoms with Crippen molar-refractivity contribution >= 4 is 22.6 Å². The van der Waals surface area contributed by atoms with E-state index in [0.717, 1.165) is 0 Å². The number of hydrogen-bond acceptors (Lipinski definition) is 2. The molecule has 0 aliphatic heterocycles. The highest BCUT2D eigenvalue weighted by Crippen LogP contribution is 2.20. The lowest BCUT2D eigenvalue weighted by molar-refractivity contribution is 0.540. The van der Waals surface area contributed by atoms with Crippen LogP contribution in [0.2, 0.25) is 5.22 Å². The standard InChI is InChI=1S/C11H6ClFN2O2/c12-9-3-4-10(17-9)15-8-2-1-6(13)5-7(8)14-11(15)16/h1-5H,(H,14,16). The third kappa shape index (κ3) is 1.55. The van der Waals surface area contributed by atoms with Crippen molar-refractivity contribution in [3.8, 4) is 5.88 Å². The molecule has 4 nitrogen and oxygen atoms in total. The lowest BCUT2D eigenvalue weighted by Crippen LogP contribution is -2.13. The van der Waals surface area contributed by atoms with Crippen LogP contribution in [0.15, 0.2) is 39.5 Å². The quantitative estimate of drug-likeness (QED) is 0.724. The highest BCUT2D eigenvalue weighted by molar-refractivity contribution is 6.28. The molecular formula is C11H6ClFN2O2. The van der Waals surface area contributed by atoms with Gasteiger partial charge in [-0.2, -0.15) is 0 Å². The third-order valence-electron chi connectivity index (χ3n) is 2.42. The van der Waals surface area contributed by atoms with Crippen molar-refractivity contribution < 1.29 is 8.81 Å². The Morgan fingerprint density at radius 3 is 2.82 bits per heavy atom. The summed E-state index contributed by atoms with van der Waals surface area (Å²) in [4.78, 5) is 14.3. The van der Waals surface area contributed by atoms with Crippen LogP contribution in [0, 0.1) is 5.82 Å². The van der Waals surface area contributed by atoms with Gasteiger partial charge < -0.3 is 9.40 Å². The Kier molecular flexibility index (Phi) is 2.09. The third-order valence-corrected chi connectivity index (χ3v) is 2.63. The zero-order chi connectivity index (χ0) is 12.0. The number of nitrogens with one attached hydrogen (secondary N) is 1. The van der Waals surface area contributed by atoms with Crippen molar-refractivity contribution in [1.82, 2.24) is 9.55 Å². The van der Waals surface area contributed by atoms with Gasteiger partial charge in [-0.3, -0.25) is 0 Å². The normalized spacial score (nSPS) is 11.2. The fourth-order valence-corrected chi connectivity index (χ4v) is 1.87. The Bertz CT molecular complexity index is 756. The second kappa shape index (κ2) is 3.49. The first-order valence-corrected chi connectivity index (χ1v) is 5.19. The number of aromatic amines is 1. The van der Waals surface area contributed by atoms with E-state index in [1.807, 2.05) is 0 Å². The summed E-state index contributed by atoms with van der Waals surface area (Å²) in [5.41, 5.74) is 0.529. The number of halogens is 2. The van der Waals surface area contributed by atoms with Gasteiger partial charge in [0.2, 0.25) is 5.88 Å². The van der Waals surface area contributed by atoms with Gasteiger partial charge in [0.1, 0.15) is 5.82 Å². The van der Waals surface area contributed by atoms with Gasteiger partial charge >= 0.3 is 5.69 Å². The number of imidazole rings is 1. The molecule has 2 aromatic heterocycles. The Hall–Kier alpha value is -2.01. The van der Waals surface area contributed by atoms with Crippen molar-refractivity contribution in [3.63, 3.8) is 0 Å². The highest BCUT2D eigenvalue weighted by Gasteiger charge is 2.12. The summed E-state index contributed by atoms with van der Waals surface area (Å²) < 4.78 is 19.5. The van der Waals surface area contributed by atoms with Gasteiger partial charge in [0.05, 0.1) is 11.0 Å². The van der Waals surface area contributed by atoms with E-state index in [4.69, 9.17) is 16.0 Å². The van der Waals surface area contributed by atoms with Crippen molar-refractivity contribution in [2.75, 3.05) is 0 Å². The first-order chi connectivity index (χ1) is 8.15. The Morgan fingerprint density at radius 2 is 2.12 bits per heavy atom. The van der Waals surface area contributed by atoms with Crippen LogP contribution >= 0.6 is 11.6 Å². The van der Waals surface area contributed by atoms with Crippen molar-refractivity contribution in [2.24, 2.45) is 0 Å². The minimum absolute atomic E-state index is 0.184. The Labute approximate surface area is 99.2 Å². The number of rotatable bonds is 1. The fourth-order valence-electron chi connectivity index (χ4n) is 1.73. The summed E-state index contributed by atoms with van der Waals surface area (Å²) in [5, 5.41) is 0.184. The first kappa shape index (κ1) is 10.2. The molecule has 0 saturated carbocycles. The van der Waals surface area contributed by atoms with E-state index in [2.05, 4.69) is 4.98 Å². The number of benzene rings is 1. The molecular weight excluding hydrogens is 247 g/mol. The van der Waals surface area contributed by atoms with Crippen LogP contribution in [-0.2, 0) is 0 Å². The topological polar surface area (TPSA) is 50.9 Å². The number of fused-ring (bicyclic) bond motifs is 1. The van der Waals surface area contributed by atoms with Crippen molar-refractivity contribution in [2.45, 2.75) is 0 Å². The molecule has 0 aliphatic carbocycles. The largest absolute Gasteiger partial charge is 0.428 e. The fraction of sp³-hybridized carbons (Fsp3) is 0. The molecule has 6 heteroatoms. The predicted molar refractivity (Wildman–Crippen MR) is 61.1 cm³/mol. The van der Waals surface area contributed by atoms with Crippen LogP contribution in [0.5, 0.6) is 0 Å². The van der Waals surface area contributed by atoms with Gasteiger partial charge in [0, 0.05) is 6.07 Å². The van der Waals surface area contributed by atoms with Crippen LogP contribution < -0.4 is 5.69 Å². The molecule has 0 unspecified atom stereocenters. The molecule has 1 N–H and O–H groups in total. The molecule has 3 aromatic rings. The predicted octanol–water partition coefficient (Wildman–Crippen LogP) is 2.70. The summed E-state index contributed by atoms with van der Waals surface area (Å²) in [6.07, 6.45) is 0. The molecule has 0 amide bonds. The van der Waals surface area contributed by atoms with Crippen LogP contribution in [0.25, 0.3) is 16.9 Å². The number of furan rings is 1. The van der Waals surface area contributed by atoms with Gasteiger partial charge in [0.15, 0.2) is 5.22 Å². The van der Waals surface area contributed by atoms with Gasteiger partial charge in [-0.25, -0.2) is 13.8 Å². The summed E-state index contributed by atoms with van der Waals surface area (Å²) in [6.45, 7) is 0. The van der Waals surface area contributed by atoms with E-state index in [9.17, 15) is 9.18 Å². The monoisotopic (exact) mass is 252 g/mol. The van der Waals surface area contributed by atoms with Crippen LogP contribution in [0.3, 0.4) is 0 Å². The summed E-state index contributed by atoms with van der Waals surface area (Å²) in [6, 6.07) is 7.12. The molecule has 0 spiro atoms. The molecule has 0 atom stereocenters. The molecule has 2 heterocycles. The Morgan fingerprint density at radius 1 is 1.29 bits per heavy atom. The molecule has 1 aromatic carbocycles. The number of hydrogen-bond donors (Lipinski definition) is 1. The summed E-state index contributed by atoms with van der Waals surface area (Å²) in [7, 11) is 0. The van der Waals surface area contributed by atoms with Crippen molar-refractivity contribution in [3.05, 3.63) is 51.9 Å². The molecule has 86 valence electrons. The first-order valence-electron chi connectivity index (χ1n) is 4.81. The number of nitrogens with zero attached hydrogens (tertiary/aromatic N) is 1. The maximum atomic E-state index is 13.0. The zero-order valence-corrected chi connectivity index (χ0v) is 9.16. The van der Waals surface area contributed by atoms with E-state index in [0.29, 0.717) is 11.0 Å². The number of H-pyrrole nitrogens is 1. The molecule has 17 heavy (non-hydrogen) atoms. The molecule has 0 fully saturated rings. The number of aromatic nitrogens is 2. The van der Waals surface area contributed by atoms with E-state index >= 15 is 0 Å².